The summed E-state index contributed by atoms with van der Waals surface area (Å²) in [5, 5.41) is 0.427. The fourth-order valence-electron chi connectivity index (χ4n) is 3.87. The van der Waals surface area contributed by atoms with Crippen molar-refractivity contribution in [3.05, 3.63) is 29.3 Å². The number of benzene rings is 1. The van der Waals surface area contributed by atoms with Gasteiger partial charge in [0.05, 0.1) is 0 Å². The summed E-state index contributed by atoms with van der Waals surface area (Å²) in [5.74, 6) is 1.39. The maximum absolute atomic E-state index is 10.9. The van der Waals surface area contributed by atoms with Crippen LogP contribution in [0.4, 0.5) is 0 Å². The fourth-order valence-corrected chi connectivity index (χ4v) is 6.47. The van der Waals surface area contributed by atoms with Gasteiger partial charge in [0.15, 0.2) is 0 Å². The molecule has 27 heavy (non-hydrogen) atoms. The average Bonchev–Trinajstić information content (AvgIpc) is 2.52. The molecule has 0 spiro atoms. The van der Waals surface area contributed by atoms with Gasteiger partial charge in [-0.05, 0) is 0 Å². The predicted octanol–water partition coefficient (Wildman–Crippen LogP) is 5.87. The second-order valence-corrected chi connectivity index (χ2v) is 12.4. The Bertz CT molecular complexity index is 558. The maximum atomic E-state index is 10.9. The third-order valence-corrected chi connectivity index (χ3v) is 8.05. The van der Waals surface area contributed by atoms with Gasteiger partial charge in [-0.1, -0.05) is 0 Å². The SMILES string of the molecule is Cc1cccc(CCCCCC(C)C)c1P(O)(O)(O)CCCCCC(C)C. The standard InChI is InChI=1S/C23H43O3P/c1-19(2)13-8-6-10-16-22-17-12-15-21(5)23(22)27(24,25,26)18-11-7-9-14-20(3)4/h12,15,17,19-20,24-26H,6-11,13-14,16,18H2,1-5H3. The van der Waals surface area contributed by atoms with E-state index in [1.54, 1.807) is 0 Å². The molecule has 0 heterocycles. The summed E-state index contributed by atoms with van der Waals surface area (Å²) in [5.41, 5.74) is 1.70. The molecular formula is C23H43O3P. The summed E-state index contributed by atoms with van der Waals surface area (Å²) in [6, 6.07) is 5.78. The Morgan fingerprint density at radius 1 is 0.778 bits per heavy atom. The zero-order valence-electron chi connectivity index (χ0n) is 18.2. The van der Waals surface area contributed by atoms with Gasteiger partial charge in [0.25, 0.3) is 0 Å². The van der Waals surface area contributed by atoms with E-state index >= 15 is 0 Å². The zero-order valence-corrected chi connectivity index (χ0v) is 19.1. The van der Waals surface area contributed by atoms with E-state index in [0.717, 1.165) is 55.6 Å². The summed E-state index contributed by atoms with van der Waals surface area (Å²) >= 11 is 0. The molecule has 4 heteroatoms. The second-order valence-electron chi connectivity index (χ2n) is 9.19. The Morgan fingerprint density at radius 3 is 1.89 bits per heavy atom. The summed E-state index contributed by atoms with van der Waals surface area (Å²) in [6.45, 7) is 10.8. The van der Waals surface area contributed by atoms with E-state index in [9.17, 15) is 14.7 Å². The van der Waals surface area contributed by atoms with Crippen LogP contribution in [0.15, 0.2) is 18.2 Å². The van der Waals surface area contributed by atoms with Crippen LogP contribution in [0, 0.1) is 18.8 Å². The van der Waals surface area contributed by atoms with Gasteiger partial charge in [0.1, 0.15) is 0 Å². The molecule has 158 valence electrons. The molecule has 0 aliphatic rings. The molecular weight excluding hydrogens is 355 g/mol. The minimum absolute atomic E-state index is 0.0783. The van der Waals surface area contributed by atoms with E-state index in [1.807, 2.05) is 25.1 Å². The molecule has 0 fully saturated rings. The van der Waals surface area contributed by atoms with Crippen LogP contribution in [0.1, 0.15) is 90.2 Å². The molecule has 1 rings (SSSR count). The molecule has 0 saturated heterocycles. The van der Waals surface area contributed by atoms with Crippen molar-refractivity contribution >= 4 is 12.6 Å². The van der Waals surface area contributed by atoms with Crippen LogP contribution in [-0.2, 0) is 6.42 Å². The van der Waals surface area contributed by atoms with E-state index in [4.69, 9.17) is 0 Å². The summed E-state index contributed by atoms with van der Waals surface area (Å²) in [6.07, 6.45) is 9.25. The van der Waals surface area contributed by atoms with E-state index in [0.29, 0.717) is 17.6 Å². The van der Waals surface area contributed by atoms with Crippen LogP contribution < -0.4 is 5.30 Å². The van der Waals surface area contributed by atoms with Crippen LogP contribution in [0.2, 0.25) is 0 Å². The number of aryl methyl sites for hydroxylation is 2. The first-order valence-corrected chi connectivity index (χ1v) is 13.1. The molecule has 1 aromatic carbocycles. The van der Waals surface area contributed by atoms with E-state index < -0.39 is 7.28 Å². The Hall–Kier alpha value is -0.470. The normalized spacial score (nSPS) is 13.9. The summed E-state index contributed by atoms with van der Waals surface area (Å²) < 4.78 is 0. The molecule has 3 N–H and O–H groups in total. The van der Waals surface area contributed by atoms with Gasteiger partial charge < -0.3 is 0 Å². The van der Waals surface area contributed by atoms with Crippen molar-refractivity contribution in [3.63, 3.8) is 0 Å². The number of unbranched alkanes of at least 4 members (excludes halogenated alkanes) is 4. The molecule has 1 aromatic rings. The van der Waals surface area contributed by atoms with Gasteiger partial charge in [0.2, 0.25) is 0 Å². The first-order chi connectivity index (χ1) is 12.5. The van der Waals surface area contributed by atoms with Crippen molar-refractivity contribution in [1.29, 1.82) is 0 Å². The third kappa shape index (κ3) is 9.05. The monoisotopic (exact) mass is 398 g/mol. The molecule has 0 amide bonds. The van der Waals surface area contributed by atoms with Gasteiger partial charge in [0, 0.05) is 0 Å². The molecule has 0 unspecified atom stereocenters. The summed E-state index contributed by atoms with van der Waals surface area (Å²) in [7, 11) is -4.82. The molecule has 0 aliphatic heterocycles. The topological polar surface area (TPSA) is 60.7 Å². The molecule has 0 saturated carbocycles. The van der Waals surface area contributed by atoms with Gasteiger partial charge >= 0.3 is 167 Å². The van der Waals surface area contributed by atoms with Crippen molar-refractivity contribution in [3.8, 4) is 0 Å². The fraction of sp³-hybridized carbons (Fsp3) is 0.739. The summed E-state index contributed by atoms with van der Waals surface area (Å²) in [4.78, 5) is 32.8. The second kappa shape index (κ2) is 10.9. The van der Waals surface area contributed by atoms with Gasteiger partial charge in [-0.3, -0.25) is 0 Å². The molecule has 0 radical (unpaired) electrons. The van der Waals surface area contributed by atoms with Crippen LogP contribution in [0.25, 0.3) is 0 Å². The van der Waals surface area contributed by atoms with Crippen molar-refractivity contribution in [1.82, 2.24) is 0 Å². The predicted molar refractivity (Wildman–Crippen MR) is 120 cm³/mol. The van der Waals surface area contributed by atoms with Crippen LogP contribution in [-0.4, -0.2) is 20.8 Å². The van der Waals surface area contributed by atoms with E-state index in [2.05, 4.69) is 27.7 Å². The molecule has 3 nitrogen and oxygen atoms in total. The van der Waals surface area contributed by atoms with E-state index in [1.165, 1.54) is 12.8 Å². The first kappa shape index (κ1) is 24.6. The first-order valence-electron chi connectivity index (χ1n) is 10.9. The van der Waals surface area contributed by atoms with Crippen LogP contribution >= 0.6 is 7.28 Å². The molecule has 0 aromatic heterocycles. The van der Waals surface area contributed by atoms with Crippen molar-refractivity contribution in [2.75, 3.05) is 6.16 Å². The number of hydrogen-bond acceptors (Lipinski definition) is 3. The molecule has 0 aliphatic carbocycles. The van der Waals surface area contributed by atoms with Gasteiger partial charge in [-0.25, -0.2) is 0 Å². The molecule has 0 bridgehead atoms. The van der Waals surface area contributed by atoms with Crippen molar-refractivity contribution < 1.29 is 14.7 Å². The Labute approximate surface area is 167 Å². The van der Waals surface area contributed by atoms with E-state index in [-0.39, 0.29) is 6.16 Å². The molecule has 0 atom stereocenters. The Morgan fingerprint density at radius 2 is 1.33 bits per heavy atom. The Kier molecular flexibility index (Phi) is 9.92. The van der Waals surface area contributed by atoms with Crippen LogP contribution in [0.3, 0.4) is 0 Å². The van der Waals surface area contributed by atoms with Gasteiger partial charge in [-0.15, -0.1) is 0 Å². The van der Waals surface area contributed by atoms with Gasteiger partial charge in [-0.2, -0.15) is 0 Å². The van der Waals surface area contributed by atoms with Crippen molar-refractivity contribution in [2.24, 2.45) is 11.8 Å². The quantitative estimate of drug-likeness (QED) is 0.288. The van der Waals surface area contributed by atoms with Crippen molar-refractivity contribution in [2.45, 2.75) is 92.4 Å². The number of rotatable bonds is 13. The zero-order chi connectivity index (χ0) is 20.5. The number of hydrogen-bond donors (Lipinski definition) is 3. The van der Waals surface area contributed by atoms with Crippen LogP contribution in [0.5, 0.6) is 0 Å². The minimum atomic E-state index is -4.82. The average molecular weight is 399 g/mol. The Balaban J connectivity index is 2.76. The third-order valence-electron chi connectivity index (χ3n) is 5.36.